The van der Waals surface area contributed by atoms with E-state index in [1.807, 2.05) is 55.6 Å². The molecule has 3 rings (SSSR count). The molecule has 0 aliphatic carbocycles. The van der Waals surface area contributed by atoms with Gasteiger partial charge >= 0.3 is 0 Å². The monoisotopic (exact) mass is 353 g/mol. The second-order valence-electron chi connectivity index (χ2n) is 5.98. The van der Waals surface area contributed by atoms with Crippen LogP contribution >= 0.6 is 11.6 Å². The van der Waals surface area contributed by atoms with Crippen molar-refractivity contribution in [2.75, 3.05) is 13.6 Å². The van der Waals surface area contributed by atoms with Crippen molar-refractivity contribution in [2.24, 2.45) is 0 Å². The first-order valence-corrected chi connectivity index (χ1v) is 8.27. The number of aromatic nitrogens is 2. The zero-order valence-electron chi connectivity index (χ0n) is 13.8. The summed E-state index contributed by atoms with van der Waals surface area (Å²) >= 11 is 6.00. The van der Waals surface area contributed by atoms with Gasteiger partial charge in [0.05, 0.1) is 18.1 Å². The Hall–Kier alpha value is -2.81. The van der Waals surface area contributed by atoms with E-state index in [2.05, 4.69) is 16.0 Å². The summed E-state index contributed by atoms with van der Waals surface area (Å²) in [6.45, 7) is 0.996. The van der Waals surface area contributed by atoms with E-state index in [-0.39, 0.29) is 11.3 Å². The highest BCUT2D eigenvalue weighted by Gasteiger charge is 2.16. The van der Waals surface area contributed by atoms with E-state index in [9.17, 15) is 10.4 Å². The summed E-state index contributed by atoms with van der Waals surface area (Å²) in [6.07, 6.45) is 0. The van der Waals surface area contributed by atoms with Gasteiger partial charge in [-0.15, -0.1) is 0 Å². The number of imidazole rings is 1. The molecule has 0 amide bonds. The van der Waals surface area contributed by atoms with Crippen LogP contribution in [0.4, 0.5) is 0 Å². The molecule has 0 aliphatic heterocycles. The first-order chi connectivity index (χ1) is 12.1. The summed E-state index contributed by atoms with van der Waals surface area (Å²) in [7, 11) is 1.95. The summed E-state index contributed by atoms with van der Waals surface area (Å²) in [5.41, 5.74) is 2.83. The molecular weight excluding hydrogens is 336 g/mol. The largest absolute Gasteiger partial charge is 0.506 e. The molecule has 1 unspecified atom stereocenters. The van der Waals surface area contributed by atoms with Crippen LogP contribution in [0.25, 0.3) is 16.6 Å². The molecule has 0 saturated carbocycles. The number of allylic oxidation sites excluding steroid dienone is 1. The number of benzene rings is 2. The number of aromatic amines is 1. The minimum absolute atomic E-state index is 0.0149. The lowest BCUT2D eigenvalue weighted by Crippen LogP contribution is -3.07. The highest BCUT2D eigenvalue weighted by Crippen LogP contribution is 2.18. The Bertz CT molecular complexity index is 938. The standard InChI is InChI=1S/C19H17ClN4O/c1-24(11-13-5-4-6-14(20)9-13)12-18(25)15(10-21)19-22-16-7-2-3-8-17(16)23-19/h2-9,25H,11-12H2,1H3,(H,22,23)/p+1/b18-15-. The van der Waals surface area contributed by atoms with Crippen molar-refractivity contribution in [1.29, 1.82) is 5.26 Å². The van der Waals surface area contributed by atoms with Crippen molar-refractivity contribution in [3.8, 4) is 6.07 Å². The number of aliphatic hydroxyl groups excluding tert-OH is 1. The molecule has 1 atom stereocenters. The van der Waals surface area contributed by atoms with Crippen LogP contribution in [0.2, 0.25) is 5.02 Å². The highest BCUT2D eigenvalue weighted by atomic mass is 35.5. The van der Waals surface area contributed by atoms with E-state index in [1.54, 1.807) is 0 Å². The highest BCUT2D eigenvalue weighted by molar-refractivity contribution is 6.30. The molecule has 0 radical (unpaired) electrons. The molecule has 126 valence electrons. The van der Waals surface area contributed by atoms with Gasteiger partial charge in [-0.2, -0.15) is 5.26 Å². The Morgan fingerprint density at radius 1 is 1.28 bits per heavy atom. The van der Waals surface area contributed by atoms with E-state index in [0.29, 0.717) is 23.9 Å². The Balaban J connectivity index is 1.80. The maximum Gasteiger partial charge on any atom is 0.169 e. The number of para-hydroxylation sites is 2. The molecule has 2 aromatic carbocycles. The van der Waals surface area contributed by atoms with Crippen molar-refractivity contribution < 1.29 is 10.0 Å². The Labute approximate surface area is 150 Å². The van der Waals surface area contributed by atoms with Gasteiger partial charge in [-0.25, -0.2) is 4.98 Å². The first-order valence-electron chi connectivity index (χ1n) is 7.90. The number of nitrogens with one attached hydrogen (secondary N) is 2. The molecule has 0 fully saturated rings. The van der Waals surface area contributed by atoms with Crippen LogP contribution in [0.15, 0.2) is 54.3 Å². The zero-order valence-corrected chi connectivity index (χ0v) is 14.5. The number of hydrogen-bond donors (Lipinski definition) is 3. The Morgan fingerprint density at radius 2 is 2.08 bits per heavy atom. The van der Waals surface area contributed by atoms with Gasteiger partial charge in [0.15, 0.2) is 11.6 Å². The molecule has 1 aromatic heterocycles. The molecule has 0 aliphatic rings. The maximum absolute atomic E-state index is 10.4. The van der Waals surface area contributed by atoms with Crippen LogP contribution in [0.5, 0.6) is 0 Å². The second kappa shape index (κ2) is 7.39. The SMILES string of the molecule is C[NH+](C/C(O)=C(\C#N)c1nc2ccccc2[nH]1)Cc1cccc(Cl)c1. The van der Waals surface area contributed by atoms with Gasteiger partial charge in [0.1, 0.15) is 24.7 Å². The van der Waals surface area contributed by atoms with Gasteiger partial charge in [-0.1, -0.05) is 35.9 Å². The second-order valence-corrected chi connectivity index (χ2v) is 6.41. The molecule has 0 bridgehead atoms. The van der Waals surface area contributed by atoms with Gasteiger partial charge in [0, 0.05) is 10.6 Å². The molecule has 6 heteroatoms. The third kappa shape index (κ3) is 4.00. The topological polar surface area (TPSA) is 77.1 Å². The van der Waals surface area contributed by atoms with Crippen LogP contribution in [0, 0.1) is 11.3 Å². The number of quaternary nitrogens is 1. The van der Waals surface area contributed by atoms with Gasteiger partial charge in [-0.05, 0) is 24.3 Å². The number of halogens is 1. The van der Waals surface area contributed by atoms with Crippen molar-refractivity contribution in [3.63, 3.8) is 0 Å². The van der Waals surface area contributed by atoms with Gasteiger partial charge in [-0.3, -0.25) is 0 Å². The van der Waals surface area contributed by atoms with E-state index in [0.717, 1.165) is 21.5 Å². The molecule has 0 spiro atoms. The Morgan fingerprint density at radius 3 is 2.80 bits per heavy atom. The predicted octanol–water partition coefficient (Wildman–Crippen LogP) is 2.72. The Kier molecular flexibility index (Phi) is 5.03. The van der Waals surface area contributed by atoms with Crippen LogP contribution < -0.4 is 4.90 Å². The van der Waals surface area contributed by atoms with E-state index >= 15 is 0 Å². The van der Waals surface area contributed by atoms with E-state index in [4.69, 9.17) is 11.6 Å². The van der Waals surface area contributed by atoms with Crippen molar-refractivity contribution >= 4 is 28.2 Å². The number of hydrogen-bond acceptors (Lipinski definition) is 3. The number of H-pyrrole nitrogens is 1. The van der Waals surface area contributed by atoms with Crippen molar-refractivity contribution in [2.45, 2.75) is 6.54 Å². The van der Waals surface area contributed by atoms with E-state index in [1.165, 1.54) is 0 Å². The summed E-state index contributed by atoms with van der Waals surface area (Å²) in [6, 6.07) is 17.2. The summed E-state index contributed by atoms with van der Waals surface area (Å²) < 4.78 is 0. The lowest BCUT2D eigenvalue weighted by molar-refractivity contribution is -0.890. The fraction of sp³-hybridized carbons (Fsp3) is 0.158. The van der Waals surface area contributed by atoms with Crippen LogP contribution in [-0.4, -0.2) is 28.7 Å². The molecule has 3 N–H and O–H groups in total. The molecule has 5 nitrogen and oxygen atoms in total. The number of likely N-dealkylation sites (N-methyl/N-ethyl adjacent to an activating group) is 1. The number of aliphatic hydroxyl groups is 1. The van der Waals surface area contributed by atoms with Crippen LogP contribution in [-0.2, 0) is 6.54 Å². The third-order valence-corrected chi connectivity index (χ3v) is 4.13. The van der Waals surface area contributed by atoms with Gasteiger partial charge in [0.2, 0.25) is 0 Å². The smallest absolute Gasteiger partial charge is 0.169 e. The molecule has 1 heterocycles. The average Bonchev–Trinajstić information content (AvgIpc) is 2.98. The molecule has 25 heavy (non-hydrogen) atoms. The fourth-order valence-corrected chi connectivity index (χ4v) is 2.97. The summed E-state index contributed by atoms with van der Waals surface area (Å²) in [4.78, 5) is 8.50. The fourth-order valence-electron chi connectivity index (χ4n) is 2.76. The maximum atomic E-state index is 10.4. The summed E-state index contributed by atoms with van der Waals surface area (Å²) in [5, 5.41) is 20.6. The van der Waals surface area contributed by atoms with Gasteiger partial charge in [0.25, 0.3) is 0 Å². The van der Waals surface area contributed by atoms with Crippen molar-refractivity contribution in [3.05, 3.63) is 70.7 Å². The number of nitrogens with zero attached hydrogens (tertiary/aromatic N) is 2. The predicted molar refractivity (Wildman–Crippen MR) is 98.2 cm³/mol. The molecule has 0 saturated heterocycles. The van der Waals surface area contributed by atoms with Crippen LogP contribution in [0.1, 0.15) is 11.4 Å². The third-order valence-electron chi connectivity index (χ3n) is 3.89. The van der Waals surface area contributed by atoms with Crippen LogP contribution in [0.3, 0.4) is 0 Å². The number of nitriles is 1. The average molecular weight is 354 g/mol. The summed E-state index contributed by atoms with van der Waals surface area (Å²) in [5.74, 6) is 0.401. The number of rotatable bonds is 5. The van der Waals surface area contributed by atoms with E-state index < -0.39 is 0 Å². The van der Waals surface area contributed by atoms with Gasteiger partial charge < -0.3 is 15.0 Å². The normalized spacial score (nSPS) is 13.3. The minimum atomic E-state index is 0.0149. The first kappa shape index (κ1) is 17.0. The molecule has 3 aromatic rings. The zero-order chi connectivity index (χ0) is 17.8. The minimum Gasteiger partial charge on any atom is -0.506 e. The molecular formula is C19H18ClN4O+. The number of fused-ring (bicyclic) bond motifs is 1. The lowest BCUT2D eigenvalue weighted by atomic mass is 10.2. The van der Waals surface area contributed by atoms with Crippen molar-refractivity contribution in [1.82, 2.24) is 9.97 Å². The quantitative estimate of drug-likeness (QED) is 0.487. The lowest BCUT2D eigenvalue weighted by Gasteiger charge is -2.14.